The van der Waals surface area contributed by atoms with Gasteiger partial charge in [-0.3, -0.25) is 4.79 Å². The van der Waals surface area contributed by atoms with Gasteiger partial charge in [-0.15, -0.1) is 0 Å². The molecule has 122 valence electrons. The molecule has 1 heterocycles. The van der Waals surface area contributed by atoms with Gasteiger partial charge < -0.3 is 15.3 Å². The minimum absolute atomic E-state index is 0.110. The van der Waals surface area contributed by atoms with Gasteiger partial charge in [-0.05, 0) is 27.2 Å². The van der Waals surface area contributed by atoms with Gasteiger partial charge in [0.05, 0.1) is 11.7 Å². The number of carbonyl (C=O) groups is 2. The lowest BCUT2D eigenvalue weighted by Crippen LogP contribution is -2.53. The van der Waals surface area contributed by atoms with Crippen molar-refractivity contribution in [1.82, 2.24) is 14.9 Å². The number of hydrogen-bond donors (Lipinski definition) is 3. The maximum Gasteiger partial charge on any atom is 0.317 e. The van der Waals surface area contributed by atoms with Crippen LogP contribution in [0, 0.1) is 5.41 Å². The summed E-state index contributed by atoms with van der Waals surface area (Å²) in [5, 5.41) is 11.8. The highest BCUT2D eigenvalue weighted by Crippen LogP contribution is 2.29. The van der Waals surface area contributed by atoms with Gasteiger partial charge in [0.25, 0.3) is 0 Å². The summed E-state index contributed by atoms with van der Waals surface area (Å²) >= 11 is 0. The Morgan fingerprint density at radius 1 is 1.38 bits per heavy atom. The molecule has 0 bridgehead atoms. The van der Waals surface area contributed by atoms with Crippen LogP contribution in [-0.4, -0.2) is 61.9 Å². The van der Waals surface area contributed by atoms with E-state index in [1.54, 1.807) is 20.8 Å². The Hall–Kier alpha value is -1.35. The van der Waals surface area contributed by atoms with Gasteiger partial charge in [0.15, 0.2) is 0 Å². The van der Waals surface area contributed by atoms with Crippen LogP contribution in [0.5, 0.6) is 0 Å². The van der Waals surface area contributed by atoms with Crippen molar-refractivity contribution in [2.24, 2.45) is 5.41 Å². The molecule has 0 aromatic carbocycles. The average molecular weight is 321 g/mol. The highest BCUT2D eigenvalue weighted by Gasteiger charge is 2.42. The molecule has 1 rings (SSSR count). The molecule has 1 saturated heterocycles. The fourth-order valence-corrected chi connectivity index (χ4v) is 3.33. The predicted octanol–water partition coefficient (Wildman–Crippen LogP) is -0.180. The zero-order valence-electron chi connectivity index (χ0n) is 12.8. The minimum Gasteiger partial charge on any atom is -0.481 e. The second-order valence-electron chi connectivity index (χ2n) is 6.45. The van der Waals surface area contributed by atoms with Crippen LogP contribution in [-0.2, 0) is 14.8 Å². The van der Waals surface area contributed by atoms with Crippen LogP contribution in [0.25, 0.3) is 0 Å². The van der Waals surface area contributed by atoms with Crippen molar-refractivity contribution in [2.45, 2.75) is 32.7 Å². The summed E-state index contributed by atoms with van der Waals surface area (Å²) < 4.78 is 24.8. The van der Waals surface area contributed by atoms with E-state index >= 15 is 0 Å². The van der Waals surface area contributed by atoms with Crippen molar-refractivity contribution >= 4 is 22.0 Å². The van der Waals surface area contributed by atoms with E-state index in [0.29, 0.717) is 13.0 Å². The Morgan fingerprint density at radius 2 is 1.95 bits per heavy atom. The number of aliphatic carboxylic acids is 1. The quantitative estimate of drug-likeness (QED) is 0.649. The van der Waals surface area contributed by atoms with Gasteiger partial charge >= 0.3 is 12.0 Å². The molecule has 2 amide bonds. The highest BCUT2D eigenvalue weighted by molar-refractivity contribution is 7.88. The Labute approximate surface area is 124 Å². The van der Waals surface area contributed by atoms with E-state index in [2.05, 4.69) is 10.0 Å². The summed E-state index contributed by atoms with van der Waals surface area (Å²) in [6, 6.07) is -0.386. The lowest BCUT2D eigenvalue weighted by Gasteiger charge is -2.27. The zero-order chi connectivity index (χ0) is 16.5. The van der Waals surface area contributed by atoms with Crippen LogP contribution in [0.1, 0.15) is 27.2 Å². The number of amides is 2. The number of carboxylic acid groups (broad SMARTS) is 1. The van der Waals surface area contributed by atoms with E-state index in [0.717, 1.165) is 6.26 Å². The molecule has 0 aromatic rings. The molecule has 0 saturated carbocycles. The van der Waals surface area contributed by atoms with E-state index in [1.807, 2.05) is 0 Å². The molecule has 9 heteroatoms. The first-order valence-corrected chi connectivity index (χ1v) is 8.49. The number of nitrogens with zero attached hydrogens (tertiary/aromatic N) is 1. The summed E-state index contributed by atoms with van der Waals surface area (Å²) in [7, 11) is -3.37. The molecular weight excluding hydrogens is 298 g/mol. The van der Waals surface area contributed by atoms with Crippen LogP contribution in [0.3, 0.4) is 0 Å². The largest absolute Gasteiger partial charge is 0.481 e. The molecule has 1 unspecified atom stereocenters. The zero-order valence-corrected chi connectivity index (χ0v) is 13.6. The third-order valence-corrected chi connectivity index (χ3v) is 4.34. The van der Waals surface area contributed by atoms with Crippen LogP contribution in [0.15, 0.2) is 0 Å². The normalized spacial score (nSPS) is 23.1. The summed E-state index contributed by atoms with van der Waals surface area (Å²) in [5.74, 6) is -0.920. The van der Waals surface area contributed by atoms with Crippen molar-refractivity contribution in [3.05, 3.63) is 0 Å². The molecule has 8 nitrogen and oxygen atoms in total. The SMILES string of the molecule is CC(C)(CNC(=O)N1CCC(C)(C(=O)O)C1)NS(C)(=O)=O. The molecule has 3 N–H and O–H groups in total. The van der Waals surface area contributed by atoms with Gasteiger partial charge in [0.1, 0.15) is 0 Å². The number of hydrogen-bond acceptors (Lipinski definition) is 4. The molecule has 21 heavy (non-hydrogen) atoms. The average Bonchev–Trinajstić information content (AvgIpc) is 2.67. The first kappa shape index (κ1) is 17.7. The van der Waals surface area contributed by atoms with Crippen LogP contribution < -0.4 is 10.0 Å². The molecular formula is C12H23N3O5S. The first-order chi connectivity index (χ1) is 9.35. The van der Waals surface area contributed by atoms with Crippen molar-refractivity contribution in [1.29, 1.82) is 0 Å². The molecule has 1 aliphatic heterocycles. The van der Waals surface area contributed by atoms with E-state index < -0.39 is 26.9 Å². The first-order valence-electron chi connectivity index (χ1n) is 6.60. The molecule has 0 spiro atoms. The van der Waals surface area contributed by atoms with Crippen molar-refractivity contribution < 1.29 is 23.1 Å². The van der Waals surface area contributed by atoms with Gasteiger partial charge in [-0.1, -0.05) is 0 Å². The Kier molecular flexibility index (Phi) is 4.89. The molecule has 0 aromatic heterocycles. The molecule has 0 radical (unpaired) electrons. The second kappa shape index (κ2) is 5.80. The fourth-order valence-electron chi connectivity index (χ4n) is 2.26. The monoisotopic (exact) mass is 321 g/mol. The highest BCUT2D eigenvalue weighted by atomic mass is 32.2. The Balaban J connectivity index is 2.54. The van der Waals surface area contributed by atoms with Crippen molar-refractivity contribution in [2.75, 3.05) is 25.9 Å². The Bertz CT molecular complexity index is 531. The van der Waals surface area contributed by atoms with Crippen molar-refractivity contribution in [3.8, 4) is 0 Å². The summed E-state index contributed by atoms with van der Waals surface area (Å²) in [6.07, 6.45) is 1.45. The fraction of sp³-hybridized carbons (Fsp3) is 0.833. The maximum atomic E-state index is 12.0. The van der Waals surface area contributed by atoms with E-state index in [4.69, 9.17) is 5.11 Å². The van der Waals surface area contributed by atoms with E-state index in [-0.39, 0.29) is 19.1 Å². The predicted molar refractivity (Wildman–Crippen MR) is 77.4 cm³/mol. The number of rotatable bonds is 5. The Morgan fingerprint density at radius 3 is 2.38 bits per heavy atom. The van der Waals surface area contributed by atoms with Gasteiger partial charge in [0.2, 0.25) is 10.0 Å². The maximum absolute atomic E-state index is 12.0. The molecule has 1 atom stereocenters. The van der Waals surface area contributed by atoms with Gasteiger partial charge in [-0.25, -0.2) is 17.9 Å². The third-order valence-electron chi connectivity index (χ3n) is 3.42. The number of carbonyl (C=O) groups excluding carboxylic acids is 1. The molecule has 0 aliphatic carbocycles. The summed E-state index contributed by atoms with van der Waals surface area (Å²) in [4.78, 5) is 24.6. The number of carboxylic acids is 1. The topological polar surface area (TPSA) is 116 Å². The third kappa shape index (κ3) is 5.16. The number of sulfonamides is 1. The van der Waals surface area contributed by atoms with Gasteiger partial charge in [0, 0.05) is 25.2 Å². The summed E-state index contributed by atoms with van der Waals surface area (Å²) in [5.41, 5.74) is -1.74. The number of urea groups is 1. The smallest absolute Gasteiger partial charge is 0.317 e. The summed E-state index contributed by atoms with van der Waals surface area (Å²) in [6.45, 7) is 5.54. The second-order valence-corrected chi connectivity index (χ2v) is 8.20. The lowest BCUT2D eigenvalue weighted by molar-refractivity contribution is -0.147. The van der Waals surface area contributed by atoms with Crippen LogP contribution >= 0.6 is 0 Å². The molecule has 1 fully saturated rings. The lowest BCUT2D eigenvalue weighted by atomic mass is 9.90. The van der Waals surface area contributed by atoms with E-state index in [1.165, 1.54) is 4.90 Å². The van der Waals surface area contributed by atoms with E-state index in [9.17, 15) is 18.0 Å². The minimum atomic E-state index is -3.37. The molecule has 1 aliphatic rings. The van der Waals surface area contributed by atoms with Crippen LogP contribution in [0.4, 0.5) is 4.79 Å². The standard InChI is InChI=1S/C12H23N3O5S/c1-11(2,14-21(4,19)20)7-13-10(18)15-6-5-12(3,8-15)9(16)17/h14H,5-8H2,1-4H3,(H,13,18)(H,16,17). The van der Waals surface area contributed by atoms with Crippen molar-refractivity contribution in [3.63, 3.8) is 0 Å². The van der Waals surface area contributed by atoms with Gasteiger partial charge in [-0.2, -0.15) is 0 Å². The number of likely N-dealkylation sites (tertiary alicyclic amines) is 1. The number of nitrogens with one attached hydrogen (secondary N) is 2. The van der Waals surface area contributed by atoms with Crippen LogP contribution in [0.2, 0.25) is 0 Å².